The van der Waals surface area contributed by atoms with Crippen LogP contribution in [0, 0.1) is 0 Å². The molecule has 1 heterocycles. The molecule has 80 valence electrons. The molecular formula is C9H17N3OS. The Hall–Kier alpha value is -0.680. The zero-order valence-corrected chi connectivity index (χ0v) is 9.51. The van der Waals surface area contributed by atoms with Gasteiger partial charge in [-0.25, -0.2) is 0 Å². The lowest BCUT2D eigenvalue weighted by molar-refractivity contribution is 0.642. The molecule has 0 fully saturated rings. The third kappa shape index (κ3) is 4.53. The summed E-state index contributed by atoms with van der Waals surface area (Å²) in [5, 5.41) is 7.50. The van der Waals surface area contributed by atoms with Gasteiger partial charge in [-0.05, 0) is 19.0 Å². The maximum absolute atomic E-state index is 10.7. The van der Waals surface area contributed by atoms with E-state index in [2.05, 4.69) is 10.4 Å². The Kier molecular flexibility index (Phi) is 4.82. The Morgan fingerprint density at radius 2 is 2.43 bits per heavy atom. The zero-order chi connectivity index (χ0) is 10.4. The smallest absolute Gasteiger partial charge is 0.0762 e. The normalized spacial score (nSPS) is 13.0. The average molecular weight is 215 g/mol. The van der Waals surface area contributed by atoms with Crippen LogP contribution in [-0.4, -0.2) is 32.5 Å². The zero-order valence-electron chi connectivity index (χ0n) is 8.69. The molecule has 0 aliphatic heterocycles. The molecule has 1 aromatic heterocycles. The van der Waals surface area contributed by atoms with E-state index in [1.165, 1.54) is 0 Å². The fourth-order valence-corrected chi connectivity index (χ4v) is 1.73. The van der Waals surface area contributed by atoms with Crippen LogP contribution in [-0.2, 0) is 24.4 Å². The van der Waals surface area contributed by atoms with Gasteiger partial charge in [0.15, 0.2) is 0 Å². The topological polar surface area (TPSA) is 46.9 Å². The Labute approximate surface area is 87.2 Å². The summed E-state index contributed by atoms with van der Waals surface area (Å²) < 4.78 is 12.5. The molecule has 1 N–H and O–H groups in total. The molecule has 1 atom stereocenters. The van der Waals surface area contributed by atoms with Gasteiger partial charge in [0.1, 0.15) is 0 Å². The third-order valence-corrected chi connectivity index (χ3v) is 2.72. The molecule has 0 amide bonds. The lowest BCUT2D eigenvalue weighted by Gasteiger charge is -2.00. The SMILES string of the molecule is Cn1ccc(CNCCCS(C)=O)n1. The summed E-state index contributed by atoms with van der Waals surface area (Å²) in [5.74, 6) is 0.773. The van der Waals surface area contributed by atoms with Gasteiger partial charge in [0.05, 0.1) is 5.69 Å². The summed E-state index contributed by atoms with van der Waals surface area (Å²) >= 11 is 0. The molecule has 0 saturated carbocycles. The highest BCUT2D eigenvalue weighted by atomic mass is 32.2. The van der Waals surface area contributed by atoms with Crippen molar-refractivity contribution in [3.8, 4) is 0 Å². The summed E-state index contributed by atoms with van der Waals surface area (Å²) in [7, 11) is 1.24. The molecule has 0 spiro atoms. The molecule has 0 bridgehead atoms. The Morgan fingerprint density at radius 3 is 3.00 bits per heavy atom. The molecule has 1 unspecified atom stereocenters. The molecular weight excluding hydrogens is 198 g/mol. The van der Waals surface area contributed by atoms with Crippen molar-refractivity contribution >= 4 is 10.8 Å². The van der Waals surface area contributed by atoms with E-state index in [0.717, 1.165) is 31.0 Å². The lowest BCUT2D eigenvalue weighted by atomic mass is 10.4. The van der Waals surface area contributed by atoms with Crippen LogP contribution in [0.15, 0.2) is 12.3 Å². The maximum atomic E-state index is 10.7. The van der Waals surface area contributed by atoms with Gasteiger partial charge in [0.2, 0.25) is 0 Å². The number of aryl methyl sites for hydroxylation is 1. The average Bonchev–Trinajstić information content (AvgIpc) is 2.50. The van der Waals surface area contributed by atoms with Crippen LogP contribution in [0.5, 0.6) is 0 Å². The van der Waals surface area contributed by atoms with E-state index >= 15 is 0 Å². The summed E-state index contributed by atoms with van der Waals surface area (Å²) in [6.45, 7) is 1.69. The minimum Gasteiger partial charge on any atom is -0.311 e. The second kappa shape index (κ2) is 5.93. The van der Waals surface area contributed by atoms with Crippen LogP contribution in [0.25, 0.3) is 0 Å². The fraction of sp³-hybridized carbons (Fsp3) is 0.667. The Balaban J connectivity index is 2.07. The summed E-state index contributed by atoms with van der Waals surface area (Å²) in [6.07, 6.45) is 4.62. The van der Waals surface area contributed by atoms with Gasteiger partial charge in [-0.3, -0.25) is 8.89 Å². The molecule has 14 heavy (non-hydrogen) atoms. The largest absolute Gasteiger partial charge is 0.311 e. The van der Waals surface area contributed by atoms with Crippen molar-refractivity contribution in [2.24, 2.45) is 7.05 Å². The highest BCUT2D eigenvalue weighted by molar-refractivity contribution is 7.84. The van der Waals surface area contributed by atoms with E-state index in [-0.39, 0.29) is 0 Å². The summed E-state index contributed by atoms with van der Waals surface area (Å²) in [5.41, 5.74) is 1.05. The predicted molar refractivity (Wildman–Crippen MR) is 58.5 cm³/mol. The molecule has 0 aromatic carbocycles. The fourth-order valence-electron chi connectivity index (χ4n) is 1.17. The van der Waals surface area contributed by atoms with Gasteiger partial charge >= 0.3 is 0 Å². The minimum atomic E-state index is -0.669. The van der Waals surface area contributed by atoms with Crippen LogP contribution < -0.4 is 5.32 Å². The van der Waals surface area contributed by atoms with E-state index in [0.29, 0.717) is 0 Å². The van der Waals surface area contributed by atoms with E-state index < -0.39 is 10.8 Å². The van der Waals surface area contributed by atoms with Crippen molar-refractivity contribution in [2.45, 2.75) is 13.0 Å². The number of nitrogens with zero attached hydrogens (tertiary/aromatic N) is 2. The van der Waals surface area contributed by atoms with E-state index in [1.807, 2.05) is 19.3 Å². The number of aromatic nitrogens is 2. The maximum Gasteiger partial charge on any atom is 0.0762 e. The number of rotatable bonds is 6. The molecule has 4 nitrogen and oxygen atoms in total. The lowest BCUT2D eigenvalue weighted by Crippen LogP contribution is -2.17. The van der Waals surface area contributed by atoms with Gasteiger partial charge in [-0.1, -0.05) is 0 Å². The van der Waals surface area contributed by atoms with Gasteiger partial charge < -0.3 is 5.32 Å². The van der Waals surface area contributed by atoms with Crippen molar-refractivity contribution in [1.29, 1.82) is 0 Å². The second-order valence-electron chi connectivity index (χ2n) is 3.29. The van der Waals surface area contributed by atoms with E-state index in [9.17, 15) is 4.21 Å². The molecule has 1 aromatic rings. The first-order valence-corrected chi connectivity index (χ1v) is 6.40. The van der Waals surface area contributed by atoms with Crippen molar-refractivity contribution < 1.29 is 4.21 Å². The molecule has 0 aliphatic rings. The summed E-state index contributed by atoms with van der Waals surface area (Å²) in [4.78, 5) is 0. The van der Waals surface area contributed by atoms with E-state index in [4.69, 9.17) is 0 Å². The van der Waals surface area contributed by atoms with E-state index in [1.54, 1.807) is 10.9 Å². The molecule has 1 rings (SSSR count). The van der Waals surface area contributed by atoms with Gasteiger partial charge in [0.25, 0.3) is 0 Å². The van der Waals surface area contributed by atoms with Crippen molar-refractivity contribution in [2.75, 3.05) is 18.6 Å². The first kappa shape index (κ1) is 11.4. The molecule has 0 radical (unpaired) electrons. The second-order valence-corrected chi connectivity index (χ2v) is 4.84. The van der Waals surface area contributed by atoms with Crippen molar-refractivity contribution in [1.82, 2.24) is 15.1 Å². The number of hydrogen-bond donors (Lipinski definition) is 1. The molecule has 5 heteroatoms. The van der Waals surface area contributed by atoms with Crippen LogP contribution in [0.1, 0.15) is 12.1 Å². The van der Waals surface area contributed by atoms with Crippen LogP contribution in [0.3, 0.4) is 0 Å². The first-order valence-electron chi connectivity index (χ1n) is 4.68. The Morgan fingerprint density at radius 1 is 1.64 bits per heavy atom. The van der Waals surface area contributed by atoms with Crippen LogP contribution in [0.4, 0.5) is 0 Å². The Bertz CT molecular complexity index is 298. The van der Waals surface area contributed by atoms with Crippen LogP contribution >= 0.6 is 0 Å². The van der Waals surface area contributed by atoms with Gasteiger partial charge in [-0.15, -0.1) is 0 Å². The number of hydrogen-bond acceptors (Lipinski definition) is 3. The highest BCUT2D eigenvalue weighted by Crippen LogP contribution is 1.92. The van der Waals surface area contributed by atoms with Crippen LogP contribution in [0.2, 0.25) is 0 Å². The predicted octanol–water partition coefficient (Wildman–Crippen LogP) is 0.278. The minimum absolute atomic E-state index is 0.669. The van der Waals surface area contributed by atoms with Gasteiger partial charge in [0, 0.05) is 42.6 Å². The van der Waals surface area contributed by atoms with Crippen molar-refractivity contribution in [3.63, 3.8) is 0 Å². The monoisotopic (exact) mass is 215 g/mol. The molecule has 0 aliphatic carbocycles. The quantitative estimate of drug-likeness (QED) is 0.693. The standard InChI is InChI=1S/C9H17N3OS/c1-12-6-4-9(11-12)8-10-5-3-7-14(2)13/h4,6,10H,3,5,7-8H2,1-2H3. The highest BCUT2D eigenvalue weighted by Gasteiger charge is 1.96. The molecule has 0 saturated heterocycles. The third-order valence-electron chi connectivity index (χ3n) is 1.86. The van der Waals surface area contributed by atoms with Gasteiger partial charge in [-0.2, -0.15) is 5.10 Å². The first-order chi connectivity index (χ1) is 6.68. The van der Waals surface area contributed by atoms with Crippen molar-refractivity contribution in [3.05, 3.63) is 18.0 Å². The summed E-state index contributed by atoms with van der Waals surface area (Å²) in [6, 6.07) is 1.99. The number of nitrogens with one attached hydrogen (secondary N) is 1.